The summed E-state index contributed by atoms with van der Waals surface area (Å²) in [6, 6.07) is 6.03. The zero-order chi connectivity index (χ0) is 22.9. The van der Waals surface area contributed by atoms with E-state index >= 15 is 0 Å². The normalized spacial score (nSPS) is 24.0. The van der Waals surface area contributed by atoms with Gasteiger partial charge in [0.1, 0.15) is 6.54 Å². The molecule has 0 N–H and O–H groups in total. The minimum Gasteiger partial charge on any atom is -0.461 e. The van der Waals surface area contributed by atoms with Gasteiger partial charge in [0.25, 0.3) is 0 Å². The topological polar surface area (TPSA) is 67.7 Å². The fraction of sp³-hybridized carbons (Fsp3) is 0.560. The van der Waals surface area contributed by atoms with Crippen LogP contribution in [0.4, 0.5) is 5.69 Å². The van der Waals surface area contributed by atoms with Gasteiger partial charge in [0.05, 0.1) is 12.1 Å². The molecule has 174 valence electrons. The largest absolute Gasteiger partial charge is 0.461 e. The molecule has 2 aromatic rings. The number of fused-ring (bicyclic) bond motifs is 3. The molecule has 0 unspecified atom stereocenters. The van der Waals surface area contributed by atoms with Crippen LogP contribution in [0.15, 0.2) is 18.2 Å². The minimum absolute atomic E-state index is 0.0937. The number of rotatable bonds is 5. The lowest BCUT2D eigenvalue weighted by molar-refractivity contribution is -0.135. The van der Waals surface area contributed by atoms with Gasteiger partial charge in [-0.3, -0.25) is 9.48 Å². The summed E-state index contributed by atoms with van der Waals surface area (Å²) >= 11 is 6.36. The minimum atomic E-state index is -0.364. The number of amides is 1. The highest BCUT2D eigenvalue weighted by atomic mass is 35.5. The van der Waals surface area contributed by atoms with Crippen LogP contribution in [-0.4, -0.2) is 58.3 Å². The molecule has 1 aliphatic heterocycles. The Kier molecular flexibility index (Phi) is 4.77. The van der Waals surface area contributed by atoms with Gasteiger partial charge in [-0.25, -0.2) is 4.79 Å². The Morgan fingerprint density at radius 2 is 2.09 bits per heavy atom. The molecule has 3 fully saturated rings. The molecule has 8 heteroatoms. The quantitative estimate of drug-likeness (QED) is 0.627. The number of aromatic nitrogens is 2. The van der Waals surface area contributed by atoms with E-state index in [0.29, 0.717) is 30.7 Å². The molecule has 6 rings (SSSR count). The van der Waals surface area contributed by atoms with Crippen LogP contribution >= 0.6 is 11.6 Å². The Hall–Kier alpha value is -2.54. The molecule has 2 heterocycles. The maximum absolute atomic E-state index is 13.5. The van der Waals surface area contributed by atoms with Crippen molar-refractivity contribution in [2.75, 3.05) is 31.1 Å². The summed E-state index contributed by atoms with van der Waals surface area (Å²) < 4.78 is 7.04. The van der Waals surface area contributed by atoms with Crippen molar-refractivity contribution in [1.82, 2.24) is 14.7 Å². The average molecular weight is 469 g/mol. The first-order chi connectivity index (χ1) is 15.9. The van der Waals surface area contributed by atoms with Gasteiger partial charge < -0.3 is 14.5 Å². The van der Waals surface area contributed by atoms with Crippen molar-refractivity contribution in [3.05, 3.63) is 45.7 Å². The van der Waals surface area contributed by atoms with E-state index in [2.05, 4.69) is 27.9 Å². The number of carbonyl (C=O) groups is 2. The number of ether oxygens (including phenoxy) is 1. The lowest BCUT2D eigenvalue weighted by Crippen LogP contribution is -2.58. The van der Waals surface area contributed by atoms with Crippen LogP contribution in [0.5, 0.6) is 0 Å². The number of hydrogen-bond donors (Lipinski definition) is 0. The Bertz CT molecular complexity index is 1150. The first-order valence-corrected chi connectivity index (χ1v) is 12.4. The summed E-state index contributed by atoms with van der Waals surface area (Å²) in [5.74, 6) is 0.752. The van der Waals surface area contributed by atoms with E-state index < -0.39 is 0 Å². The lowest BCUT2D eigenvalue weighted by atomic mass is 10.1. The molecule has 1 amide bonds. The molecule has 4 aliphatic rings. The SMILES string of the molecule is CCOC(=O)c1nn(CC(=O)N2CCN(c3cccc(Cl)c3C)CC23CC3)c2c1[C@@H]1C[C@@H]1C2. The number of benzene rings is 1. The number of hydrogen-bond acceptors (Lipinski definition) is 5. The predicted molar refractivity (Wildman–Crippen MR) is 125 cm³/mol. The van der Waals surface area contributed by atoms with Gasteiger partial charge >= 0.3 is 5.97 Å². The molecule has 0 bridgehead atoms. The second-order valence-electron chi connectivity index (χ2n) is 9.97. The van der Waals surface area contributed by atoms with Crippen molar-refractivity contribution in [2.24, 2.45) is 5.92 Å². The van der Waals surface area contributed by atoms with Gasteiger partial charge in [0.15, 0.2) is 5.69 Å². The summed E-state index contributed by atoms with van der Waals surface area (Å²) in [5.41, 5.74) is 4.66. The number of halogens is 1. The zero-order valence-electron chi connectivity index (χ0n) is 19.1. The standard InChI is InChI=1S/C25H29ClN4O3/c1-3-33-24(32)23-22-17-11-16(17)12-20(22)30(27-23)13-21(31)29-10-9-28(14-25(29)7-8-25)19-6-4-5-18(26)15(19)2/h4-6,16-17H,3,7-14H2,1-2H3/t16-,17-/m1/s1. The van der Waals surface area contributed by atoms with Crippen molar-refractivity contribution >= 4 is 29.2 Å². The van der Waals surface area contributed by atoms with Gasteiger partial charge in [-0.15, -0.1) is 0 Å². The van der Waals surface area contributed by atoms with Crippen LogP contribution in [0.2, 0.25) is 5.02 Å². The predicted octanol–water partition coefficient (Wildman–Crippen LogP) is 3.56. The van der Waals surface area contributed by atoms with E-state index in [0.717, 1.165) is 66.3 Å². The van der Waals surface area contributed by atoms with E-state index in [9.17, 15) is 9.59 Å². The third-order valence-electron chi connectivity index (χ3n) is 7.96. The van der Waals surface area contributed by atoms with Crippen molar-refractivity contribution in [2.45, 2.75) is 57.5 Å². The van der Waals surface area contributed by atoms with E-state index in [4.69, 9.17) is 16.3 Å². The highest BCUT2D eigenvalue weighted by Crippen LogP contribution is 2.57. The number of carbonyl (C=O) groups excluding carboxylic acids is 2. The second-order valence-corrected chi connectivity index (χ2v) is 10.4. The molecule has 7 nitrogen and oxygen atoms in total. The van der Waals surface area contributed by atoms with Gasteiger partial charge in [-0.2, -0.15) is 5.10 Å². The van der Waals surface area contributed by atoms with Crippen molar-refractivity contribution < 1.29 is 14.3 Å². The van der Waals surface area contributed by atoms with Crippen LogP contribution in [0.25, 0.3) is 0 Å². The van der Waals surface area contributed by atoms with Crippen molar-refractivity contribution in [3.63, 3.8) is 0 Å². The van der Waals surface area contributed by atoms with Gasteiger partial charge in [-0.1, -0.05) is 17.7 Å². The number of anilines is 1. The van der Waals surface area contributed by atoms with E-state index in [1.54, 1.807) is 11.6 Å². The summed E-state index contributed by atoms with van der Waals surface area (Å²) in [6.45, 7) is 6.67. The Morgan fingerprint density at radius 1 is 1.27 bits per heavy atom. The highest BCUT2D eigenvalue weighted by Gasteiger charge is 2.54. The molecule has 3 aliphatic carbocycles. The van der Waals surface area contributed by atoms with Crippen LogP contribution in [0.1, 0.15) is 59.4 Å². The zero-order valence-corrected chi connectivity index (χ0v) is 19.9. The third kappa shape index (κ3) is 3.35. The lowest BCUT2D eigenvalue weighted by Gasteiger charge is -2.43. The summed E-state index contributed by atoms with van der Waals surface area (Å²) in [7, 11) is 0. The van der Waals surface area contributed by atoms with Gasteiger partial charge in [-0.05, 0) is 69.1 Å². The molecule has 1 saturated heterocycles. The fourth-order valence-electron chi connectivity index (χ4n) is 5.97. The first-order valence-electron chi connectivity index (χ1n) is 12.0. The monoisotopic (exact) mass is 468 g/mol. The Labute approximate surface area is 198 Å². The molecular weight excluding hydrogens is 440 g/mol. The van der Waals surface area contributed by atoms with Gasteiger partial charge in [0, 0.05) is 41.6 Å². The van der Waals surface area contributed by atoms with Crippen molar-refractivity contribution in [3.8, 4) is 0 Å². The second kappa shape index (κ2) is 7.49. The van der Waals surface area contributed by atoms with E-state index in [1.165, 1.54) is 0 Å². The molecule has 2 atom stereocenters. The molecular formula is C25H29ClN4O3. The number of piperazine rings is 1. The number of nitrogens with zero attached hydrogens (tertiary/aromatic N) is 4. The highest BCUT2D eigenvalue weighted by molar-refractivity contribution is 6.31. The maximum Gasteiger partial charge on any atom is 0.359 e. The van der Waals surface area contributed by atoms with Crippen LogP contribution in [0.3, 0.4) is 0 Å². The molecule has 1 aromatic heterocycles. The summed E-state index contributed by atoms with van der Waals surface area (Å²) in [5, 5.41) is 5.36. The Morgan fingerprint density at radius 3 is 2.85 bits per heavy atom. The van der Waals surface area contributed by atoms with Crippen LogP contribution < -0.4 is 4.90 Å². The molecule has 33 heavy (non-hydrogen) atoms. The molecule has 2 saturated carbocycles. The van der Waals surface area contributed by atoms with Crippen LogP contribution in [0, 0.1) is 12.8 Å². The molecule has 1 aromatic carbocycles. The van der Waals surface area contributed by atoms with Crippen molar-refractivity contribution in [1.29, 1.82) is 0 Å². The van der Waals surface area contributed by atoms with E-state index in [-0.39, 0.29) is 24.0 Å². The first kappa shape index (κ1) is 21.0. The van der Waals surface area contributed by atoms with E-state index in [1.807, 2.05) is 12.1 Å². The smallest absolute Gasteiger partial charge is 0.359 e. The average Bonchev–Trinajstić information content (AvgIpc) is 3.67. The third-order valence-corrected chi connectivity index (χ3v) is 8.37. The summed E-state index contributed by atoms with van der Waals surface area (Å²) in [6.07, 6.45) is 4.06. The number of esters is 1. The maximum atomic E-state index is 13.5. The van der Waals surface area contributed by atoms with Crippen LogP contribution in [-0.2, 0) is 22.5 Å². The fourth-order valence-corrected chi connectivity index (χ4v) is 6.14. The summed E-state index contributed by atoms with van der Waals surface area (Å²) in [4.78, 5) is 30.4. The Balaban J connectivity index is 1.21. The molecule has 1 spiro atoms. The molecule has 0 radical (unpaired) electrons. The van der Waals surface area contributed by atoms with Gasteiger partial charge in [0.2, 0.25) is 5.91 Å².